The zero-order chi connectivity index (χ0) is 15.4. The van der Waals surface area contributed by atoms with Gasteiger partial charge in [0, 0.05) is 39.1 Å². The molecule has 2 fully saturated rings. The molecule has 2 aliphatic heterocycles. The minimum atomic E-state index is 0. The van der Waals surface area contributed by atoms with Crippen LogP contribution in [0.4, 0.5) is 0 Å². The van der Waals surface area contributed by atoms with Crippen LogP contribution in [0.25, 0.3) is 0 Å². The lowest BCUT2D eigenvalue weighted by molar-refractivity contribution is -0.139. The lowest BCUT2D eigenvalue weighted by atomic mass is 9.91. The third kappa shape index (κ3) is 5.11. The largest absolute Gasteiger partial charge is 0.339 e. The number of hydrogen-bond donors (Lipinski definition) is 1. The summed E-state index contributed by atoms with van der Waals surface area (Å²) in [6.07, 6.45) is 2.17. The van der Waals surface area contributed by atoms with Gasteiger partial charge in [-0.15, -0.1) is 12.4 Å². The van der Waals surface area contributed by atoms with Gasteiger partial charge in [-0.1, -0.05) is 0 Å². The number of nitrogens with zero attached hydrogens (tertiary/aromatic N) is 3. The van der Waals surface area contributed by atoms with Crippen LogP contribution in [0.5, 0.6) is 0 Å². The van der Waals surface area contributed by atoms with Crippen LogP contribution >= 0.6 is 12.4 Å². The third-order valence-electron chi connectivity index (χ3n) is 4.81. The van der Waals surface area contributed by atoms with Crippen molar-refractivity contribution in [3.63, 3.8) is 0 Å². The Hall–Kier alpha value is -0.850. The number of amides is 2. The van der Waals surface area contributed by atoms with Gasteiger partial charge in [-0.3, -0.25) is 14.5 Å². The number of rotatable bonds is 3. The van der Waals surface area contributed by atoms with E-state index in [4.69, 9.17) is 5.73 Å². The maximum absolute atomic E-state index is 12.3. The highest BCUT2D eigenvalue weighted by Gasteiger charge is 2.26. The molecule has 1 unspecified atom stereocenters. The van der Waals surface area contributed by atoms with E-state index >= 15 is 0 Å². The summed E-state index contributed by atoms with van der Waals surface area (Å²) < 4.78 is 0. The Morgan fingerprint density at radius 2 is 1.55 bits per heavy atom. The SMILES string of the molecule is CC(=O)N1CCN(C(=O)CN2CCC(C(C)N)CC2)CC1.Cl. The van der Waals surface area contributed by atoms with Crippen molar-refractivity contribution >= 4 is 24.2 Å². The molecule has 2 N–H and O–H groups in total. The first kappa shape index (κ1) is 19.2. The Morgan fingerprint density at radius 1 is 1.05 bits per heavy atom. The molecule has 1 atom stereocenters. The zero-order valence-corrected chi connectivity index (χ0v) is 14.5. The van der Waals surface area contributed by atoms with E-state index in [1.165, 1.54) is 0 Å². The van der Waals surface area contributed by atoms with Gasteiger partial charge in [0.05, 0.1) is 6.54 Å². The van der Waals surface area contributed by atoms with Gasteiger partial charge in [0.2, 0.25) is 11.8 Å². The fraction of sp³-hybridized carbons (Fsp3) is 0.867. The molecule has 2 saturated heterocycles. The molecule has 0 aliphatic carbocycles. The van der Waals surface area contributed by atoms with Crippen LogP contribution in [0.15, 0.2) is 0 Å². The summed E-state index contributed by atoms with van der Waals surface area (Å²) >= 11 is 0. The number of halogens is 1. The first-order chi connectivity index (χ1) is 9.97. The van der Waals surface area contributed by atoms with E-state index in [9.17, 15) is 9.59 Å². The molecule has 0 radical (unpaired) electrons. The van der Waals surface area contributed by atoms with Gasteiger partial charge in [0.1, 0.15) is 0 Å². The molecule has 2 heterocycles. The third-order valence-corrected chi connectivity index (χ3v) is 4.81. The van der Waals surface area contributed by atoms with Crippen molar-refractivity contribution < 1.29 is 9.59 Å². The normalized spacial score (nSPS) is 22.1. The standard InChI is InChI=1S/C15H28N4O2.ClH/c1-12(16)14-3-5-17(6-4-14)11-15(21)19-9-7-18(8-10-19)13(2)20;/h12,14H,3-11,16H2,1-2H3;1H. The molecule has 2 amide bonds. The summed E-state index contributed by atoms with van der Waals surface area (Å²) in [6.45, 7) is 8.73. The quantitative estimate of drug-likeness (QED) is 0.799. The fourth-order valence-electron chi connectivity index (χ4n) is 3.20. The summed E-state index contributed by atoms with van der Waals surface area (Å²) in [7, 11) is 0. The van der Waals surface area contributed by atoms with Crippen molar-refractivity contribution in [3.8, 4) is 0 Å². The molecule has 0 aromatic heterocycles. The van der Waals surface area contributed by atoms with Crippen LogP contribution in [-0.4, -0.2) is 78.4 Å². The van der Waals surface area contributed by atoms with Crippen molar-refractivity contribution in [2.75, 3.05) is 45.8 Å². The molecular weight excluding hydrogens is 304 g/mol. The maximum Gasteiger partial charge on any atom is 0.236 e. The van der Waals surface area contributed by atoms with E-state index in [0.29, 0.717) is 38.6 Å². The van der Waals surface area contributed by atoms with Crippen LogP contribution in [0.1, 0.15) is 26.7 Å². The highest BCUT2D eigenvalue weighted by molar-refractivity contribution is 5.85. The van der Waals surface area contributed by atoms with Gasteiger partial charge in [0.15, 0.2) is 0 Å². The Bertz CT molecular complexity index is 376. The van der Waals surface area contributed by atoms with Crippen molar-refractivity contribution in [1.29, 1.82) is 0 Å². The first-order valence-corrected chi connectivity index (χ1v) is 7.98. The van der Waals surface area contributed by atoms with Gasteiger partial charge < -0.3 is 15.5 Å². The Balaban J connectivity index is 0.00000242. The highest BCUT2D eigenvalue weighted by atomic mass is 35.5. The van der Waals surface area contributed by atoms with E-state index in [0.717, 1.165) is 25.9 Å². The molecule has 0 spiro atoms. The van der Waals surface area contributed by atoms with Crippen molar-refractivity contribution in [2.24, 2.45) is 11.7 Å². The number of carbonyl (C=O) groups is 2. The van der Waals surface area contributed by atoms with Gasteiger partial charge in [0.25, 0.3) is 0 Å². The fourth-order valence-corrected chi connectivity index (χ4v) is 3.20. The van der Waals surface area contributed by atoms with Crippen molar-refractivity contribution in [1.82, 2.24) is 14.7 Å². The topological polar surface area (TPSA) is 69.9 Å². The van der Waals surface area contributed by atoms with Crippen LogP contribution in [0.3, 0.4) is 0 Å². The predicted molar refractivity (Wildman–Crippen MR) is 88.9 cm³/mol. The molecule has 2 aliphatic rings. The molecule has 128 valence electrons. The Labute approximate surface area is 139 Å². The Kier molecular flexibility index (Phi) is 7.59. The van der Waals surface area contributed by atoms with E-state index in [-0.39, 0.29) is 30.3 Å². The van der Waals surface area contributed by atoms with E-state index in [2.05, 4.69) is 11.8 Å². The number of nitrogens with two attached hydrogens (primary N) is 1. The van der Waals surface area contributed by atoms with E-state index < -0.39 is 0 Å². The van der Waals surface area contributed by atoms with Crippen molar-refractivity contribution in [2.45, 2.75) is 32.7 Å². The smallest absolute Gasteiger partial charge is 0.236 e. The van der Waals surface area contributed by atoms with E-state index in [1.807, 2.05) is 4.90 Å². The van der Waals surface area contributed by atoms with E-state index in [1.54, 1.807) is 11.8 Å². The van der Waals surface area contributed by atoms with Gasteiger partial charge >= 0.3 is 0 Å². The monoisotopic (exact) mass is 332 g/mol. The van der Waals surface area contributed by atoms with Gasteiger partial charge in [-0.2, -0.15) is 0 Å². The van der Waals surface area contributed by atoms with Gasteiger partial charge in [-0.25, -0.2) is 0 Å². The van der Waals surface area contributed by atoms with Crippen molar-refractivity contribution in [3.05, 3.63) is 0 Å². The molecular formula is C15H29ClN4O2. The molecule has 0 aromatic rings. The highest BCUT2D eigenvalue weighted by Crippen LogP contribution is 2.19. The maximum atomic E-state index is 12.3. The molecule has 0 saturated carbocycles. The molecule has 22 heavy (non-hydrogen) atoms. The second kappa shape index (κ2) is 8.70. The molecule has 6 nitrogen and oxygen atoms in total. The average Bonchev–Trinajstić information content (AvgIpc) is 2.47. The molecule has 0 aromatic carbocycles. The number of piperazine rings is 1. The molecule has 7 heteroatoms. The van der Waals surface area contributed by atoms with Crippen LogP contribution in [-0.2, 0) is 9.59 Å². The summed E-state index contributed by atoms with van der Waals surface area (Å²) in [5.74, 6) is 0.882. The summed E-state index contributed by atoms with van der Waals surface area (Å²) in [4.78, 5) is 29.5. The Morgan fingerprint density at radius 3 is 2.00 bits per heavy atom. The predicted octanol–water partition coefficient (Wildman–Crippen LogP) is 0.158. The lowest BCUT2D eigenvalue weighted by Gasteiger charge is -2.37. The lowest BCUT2D eigenvalue weighted by Crippen LogP contribution is -2.53. The van der Waals surface area contributed by atoms with Crippen LogP contribution < -0.4 is 5.73 Å². The molecule has 0 bridgehead atoms. The average molecular weight is 333 g/mol. The second-order valence-electron chi connectivity index (χ2n) is 6.36. The number of likely N-dealkylation sites (tertiary alicyclic amines) is 1. The minimum absolute atomic E-state index is 0. The second-order valence-corrected chi connectivity index (χ2v) is 6.36. The molecule has 2 rings (SSSR count). The summed E-state index contributed by atoms with van der Waals surface area (Å²) in [5.41, 5.74) is 5.94. The summed E-state index contributed by atoms with van der Waals surface area (Å²) in [5, 5.41) is 0. The van der Waals surface area contributed by atoms with Crippen LogP contribution in [0, 0.1) is 5.92 Å². The number of carbonyl (C=O) groups excluding carboxylic acids is 2. The first-order valence-electron chi connectivity index (χ1n) is 7.98. The minimum Gasteiger partial charge on any atom is -0.339 e. The number of hydrogen-bond acceptors (Lipinski definition) is 4. The number of piperidine rings is 1. The summed E-state index contributed by atoms with van der Waals surface area (Å²) in [6, 6.07) is 0.252. The van der Waals surface area contributed by atoms with Gasteiger partial charge in [-0.05, 0) is 38.8 Å². The zero-order valence-electron chi connectivity index (χ0n) is 13.7. The van der Waals surface area contributed by atoms with Crippen LogP contribution in [0.2, 0.25) is 0 Å².